The van der Waals surface area contributed by atoms with Gasteiger partial charge in [-0.1, -0.05) is 0 Å². The zero-order valence-corrected chi connectivity index (χ0v) is 11.4. The number of amides is 1. The molecule has 0 saturated carbocycles. The molecule has 1 aliphatic rings. The topological polar surface area (TPSA) is 49.9 Å². The van der Waals surface area contributed by atoms with Crippen molar-refractivity contribution in [2.45, 2.75) is 6.17 Å². The van der Waals surface area contributed by atoms with Gasteiger partial charge in [0.1, 0.15) is 0 Å². The van der Waals surface area contributed by atoms with E-state index in [-0.39, 0.29) is 19.0 Å². The predicted octanol–water partition coefficient (Wildman–Crippen LogP) is 0.908. The van der Waals surface area contributed by atoms with Crippen molar-refractivity contribution < 1.29 is 18.7 Å². The lowest BCUT2D eigenvalue weighted by Gasteiger charge is -2.33. The molecule has 1 aromatic rings. The molecule has 0 bridgehead atoms. The van der Waals surface area contributed by atoms with Gasteiger partial charge in [-0.25, -0.2) is 9.18 Å². The van der Waals surface area contributed by atoms with E-state index in [1.165, 1.54) is 11.3 Å². The van der Waals surface area contributed by atoms with E-state index in [9.17, 15) is 14.0 Å². The fourth-order valence-electron chi connectivity index (χ4n) is 1.96. The summed E-state index contributed by atoms with van der Waals surface area (Å²) < 4.78 is 17.8. The van der Waals surface area contributed by atoms with Gasteiger partial charge in [0.05, 0.1) is 18.7 Å². The van der Waals surface area contributed by atoms with Crippen LogP contribution in [0.2, 0.25) is 0 Å². The Hall–Kier alpha value is -1.47. The van der Waals surface area contributed by atoms with Gasteiger partial charge in [0.25, 0.3) is 0 Å². The number of carbonyl (C=O) groups is 2. The molecule has 1 aliphatic heterocycles. The van der Waals surface area contributed by atoms with E-state index in [0.717, 1.165) is 12.1 Å². The molecule has 1 amide bonds. The molecule has 7 heteroatoms. The number of methoxy groups -OCH3 is 1. The first-order valence-corrected chi connectivity index (χ1v) is 6.78. The number of hydrogen-bond acceptors (Lipinski definition) is 5. The van der Waals surface area contributed by atoms with Crippen molar-refractivity contribution in [1.29, 1.82) is 0 Å². The first kappa shape index (κ1) is 14.0. The third-order valence-electron chi connectivity index (χ3n) is 2.95. The van der Waals surface area contributed by atoms with Crippen LogP contribution in [0.3, 0.4) is 0 Å². The molecule has 19 heavy (non-hydrogen) atoms. The number of piperazine rings is 1. The van der Waals surface area contributed by atoms with Gasteiger partial charge in [0.2, 0.25) is 12.1 Å². The number of nitrogens with zero attached hydrogens (tertiary/aromatic N) is 2. The number of hydrogen-bond donors (Lipinski definition) is 0. The second-order valence-electron chi connectivity index (χ2n) is 4.22. The van der Waals surface area contributed by atoms with Gasteiger partial charge in [-0.2, -0.15) is 0 Å². The van der Waals surface area contributed by atoms with E-state index in [1.807, 2.05) is 17.5 Å². The van der Waals surface area contributed by atoms with Crippen molar-refractivity contribution in [3.05, 3.63) is 17.5 Å². The van der Waals surface area contributed by atoms with Crippen LogP contribution in [0.5, 0.6) is 0 Å². The molecule has 0 unspecified atom stereocenters. The highest BCUT2D eigenvalue weighted by Crippen LogP contribution is 2.23. The summed E-state index contributed by atoms with van der Waals surface area (Å²) in [6, 6.07) is 3.76. The number of alkyl halides is 1. The van der Waals surface area contributed by atoms with Crippen LogP contribution >= 0.6 is 11.3 Å². The molecule has 5 nitrogen and oxygen atoms in total. The highest BCUT2D eigenvalue weighted by atomic mass is 32.1. The standard InChI is InChI=1S/C12H15FN2O3S/c1-18-12(17)9(13)7-14-4-5-15(10(16)8-14)11-3-2-6-19-11/h2-3,6,9H,4-5,7-8H2,1H3/t9-/m0/s1. The van der Waals surface area contributed by atoms with E-state index >= 15 is 0 Å². The number of halogens is 1. The summed E-state index contributed by atoms with van der Waals surface area (Å²) in [7, 11) is 1.15. The van der Waals surface area contributed by atoms with Crippen molar-refractivity contribution in [1.82, 2.24) is 4.90 Å². The van der Waals surface area contributed by atoms with Gasteiger partial charge >= 0.3 is 5.97 Å². The lowest BCUT2D eigenvalue weighted by molar-refractivity contribution is -0.147. The fourth-order valence-corrected chi connectivity index (χ4v) is 2.74. The molecule has 0 spiro atoms. The number of carbonyl (C=O) groups excluding carboxylic acids is 2. The third-order valence-corrected chi connectivity index (χ3v) is 3.84. The Labute approximate surface area is 114 Å². The summed E-state index contributed by atoms with van der Waals surface area (Å²) >= 11 is 1.50. The minimum absolute atomic E-state index is 0.0780. The Morgan fingerprint density at radius 2 is 2.37 bits per heavy atom. The molecular formula is C12H15FN2O3S. The zero-order valence-electron chi connectivity index (χ0n) is 10.5. The maximum Gasteiger partial charge on any atom is 0.341 e. The van der Waals surface area contributed by atoms with Crippen LogP contribution in [0.4, 0.5) is 9.39 Å². The second-order valence-corrected chi connectivity index (χ2v) is 5.15. The molecule has 1 saturated heterocycles. The van der Waals surface area contributed by atoms with Crippen molar-refractivity contribution in [2.24, 2.45) is 0 Å². The van der Waals surface area contributed by atoms with Crippen molar-refractivity contribution in [2.75, 3.05) is 38.2 Å². The quantitative estimate of drug-likeness (QED) is 0.772. The summed E-state index contributed by atoms with van der Waals surface area (Å²) in [5.41, 5.74) is 0. The van der Waals surface area contributed by atoms with Crippen molar-refractivity contribution in [3.63, 3.8) is 0 Å². The predicted molar refractivity (Wildman–Crippen MR) is 70.0 cm³/mol. The van der Waals surface area contributed by atoms with Crippen LogP contribution in [0, 0.1) is 0 Å². The average Bonchev–Trinajstić information content (AvgIpc) is 2.91. The molecular weight excluding hydrogens is 271 g/mol. The highest BCUT2D eigenvalue weighted by molar-refractivity contribution is 7.14. The van der Waals surface area contributed by atoms with Crippen LogP contribution in [-0.4, -0.2) is 56.2 Å². The Morgan fingerprint density at radius 1 is 1.58 bits per heavy atom. The number of anilines is 1. The van der Waals surface area contributed by atoms with E-state index in [4.69, 9.17) is 0 Å². The second kappa shape index (κ2) is 6.12. The number of esters is 1. The number of thiophene rings is 1. The van der Waals surface area contributed by atoms with Gasteiger partial charge in [-0.3, -0.25) is 9.69 Å². The normalized spacial score (nSPS) is 18.4. The lowest BCUT2D eigenvalue weighted by atomic mass is 10.2. The Balaban J connectivity index is 1.90. The summed E-state index contributed by atoms with van der Waals surface area (Å²) in [6.07, 6.45) is -1.70. The molecule has 0 N–H and O–H groups in total. The minimum atomic E-state index is -1.70. The maximum atomic E-state index is 13.4. The van der Waals surface area contributed by atoms with E-state index in [1.54, 1.807) is 9.80 Å². The average molecular weight is 286 g/mol. The van der Waals surface area contributed by atoms with Crippen molar-refractivity contribution >= 4 is 28.2 Å². The summed E-state index contributed by atoms with van der Waals surface area (Å²) in [5.74, 6) is -0.973. The molecule has 2 heterocycles. The molecule has 0 aromatic carbocycles. The summed E-state index contributed by atoms with van der Waals surface area (Å²) in [4.78, 5) is 26.3. The van der Waals surface area contributed by atoms with Crippen LogP contribution in [-0.2, 0) is 14.3 Å². The highest BCUT2D eigenvalue weighted by Gasteiger charge is 2.29. The Kier molecular flexibility index (Phi) is 4.49. The molecule has 1 atom stereocenters. The van der Waals surface area contributed by atoms with Gasteiger partial charge < -0.3 is 9.64 Å². The molecule has 0 aliphatic carbocycles. The Bertz CT molecular complexity index is 452. The van der Waals surface area contributed by atoms with Crippen molar-refractivity contribution in [3.8, 4) is 0 Å². The van der Waals surface area contributed by atoms with E-state index in [0.29, 0.717) is 13.1 Å². The SMILES string of the molecule is COC(=O)[C@@H](F)CN1CCN(c2cccs2)C(=O)C1. The van der Waals surface area contributed by atoms with Crippen LogP contribution in [0.25, 0.3) is 0 Å². The maximum absolute atomic E-state index is 13.4. The smallest absolute Gasteiger partial charge is 0.341 e. The van der Waals surface area contributed by atoms with Gasteiger partial charge in [-0.15, -0.1) is 11.3 Å². The summed E-state index contributed by atoms with van der Waals surface area (Å²) in [6.45, 7) is 1.07. The zero-order chi connectivity index (χ0) is 13.8. The number of ether oxygens (including phenoxy) is 1. The first-order valence-electron chi connectivity index (χ1n) is 5.90. The molecule has 1 aromatic heterocycles. The van der Waals surface area contributed by atoms with Gasteiger partial charge in [0.15, 0.2) is 0 Å². The number of rotatable bonds is 4. The molecule has 2 rings (SSSR count). The van der Waals surface area contributed by atoms with Gasteiger partial charge in [-0.05, 0) is 17.5 Å². The Morgan fingerprint density at radius 3 is 2.95 bits per heavy atom. The largest absolute Gasteiger partial charge is 0.467 e. The molecule has 104 valence electrons. The fraction of sp³-hybridized carbons (Fsp3) is 0.500. The van der Waals surface area contributed by atoms with Crippen LogP contribution in [0.15, 0.2) is 17.5 Å². The van der Waals surface area contributed by atoms with Gasteiger partial charge in [0, 0.05) is 19.6 Å². The monoisotopic (exact) mass is 286 g/mol. The van der Waals surface area contributed by atoms with E-state index < -0.39 is 12.1 Å². The first-order chi connectivity index (χ1) is 9.11. The molecule has 1 fully saturated rings. The van der Waals surface area contributed by atoms with E-state index in [2.05, 4.69) is 4.74 Å². The third kappa shape index (κ3) is 3.30. The minimum Gasteiger partial charge on any atom is -0.467 e. The molecule has 0 radical (unpaired) electrons. The van der Waals surface area contributed by atoms with Crippen LogP contribution in [0.1, 0.15) is 0 Å². The summed E-state index contributed by atoms with van der Waals surface area (Å²) in [5, 5.41) is 2.80. The lowest BCUT2D eigenvalue weighted by Crippen LogP contribution is -2.52. The van der Waals surface area contributed by atoms with Crippen LogP contribution < -0.4 is 4.90 Å².